The smallest absolute Gasteiger partial charge is 0.163 e. The third-order valence-electron chi connectivity index (χ3n) is 4.30. The Hall–Kier alpha value is -3.05. The number of aromatic nitrogens is 3. The molecule has 26 heavy (non-hydrogen) atoms. The molecule has 0 bridgehead atoms. The zero-order chi connectivity index (χ0) is 17.9. The van der Waals surface area contributed by atoms with Crippen LogP contribution < -0.4 is 0 Å². The molecule has 0 aliphatic rings. The fourth-order valence-corrected chi connectivity index (χ4v) is 2.82. The second-order valence-electron chi connectivity index (χ2n) is 6.21. The lowest BCUT2D eigenvalue weighted by atomic mass is 10.1. The number of aryl methyl sites for hydroxylation is 1. The van der Waals surface area contributed by atoms with Crippen molar-refractivity contribution in [3.05, 3.63) is 89.6 Å². The minimum Gasteiger partial charge on any atom is -0.369 e. The Morgan fingerprint density at radius 1 is 0.885 bits per heavy atom. The topological polar surface area (TPSA) is 39.4 Å². The first kappa shape index (κ1) is 16.4. The van der Waals surface area contributed by atoms with Crippen LogP contribution in [0.4, 0.5) is 4.39 Å². The van der Waals surface area contributed by atoms with E-state index in [4.69, 9.17) is 4.74 Å². The highest BCUT2D eigenvalue weighted by atomic mass is 19.1. The summed E-state index contributed by atoms with van der Waals surface area (Å²) in [4.78, 5) is 0. The molecule has 0 aliphatic carbocycles. The van der Waals surface area contributed by atoms with Crippen LogP contribution in [0, 0.1) is 12.7 Å². The van der Waals surface area contributed by atoms with Crippen LogP contribution in [0.1, 0.15) is 17.0 Å². The predicted molar refractivity (Wildman–Crippen MR) is 98.1 cm³/mol. The summed E-state index contributed by atoms with van der Waals surface area (Å²) >= 11 is 0. The first-order chi connectivity index (χ1) is 12.7. The van der Waals surface area contributed by atoms with Gasteiger partial charge in [-0.2, -0.15) is 0 Å². The summed E-state index contributed by atoms with van der Waals surface area (Å²) in [6, 6.07) is 18.9. The molecule has 4 aromatic rings. The molecule has 0 aliphatic heterocycles. The lowest BCUT2D eigenvalue weighted by molar-refractivity contribution is 0.0988. The van der Waals surface area contributed by atoms with Crippen molar-refractivity contribution in [2.24, 2.45) is 0 Å². The molecule has 2 aromatic carbocycles. The minimum absolute atomic E-state index is 0.194. The highest BCUT2D eigenvalue weighted by molar-refractivity contribution is 5.64. The second-order valence-corrected chi connectivity index (χ2v) is 6.21. The SMILES string of the molecule is Cc1ccc(-c2ccc3nnc(COCc4ccccc4F)n3c2)cc1. The van der Waals surface area contributed by atoms with Crippen LogP contribution in [-0.2, 0) is 18.0 Å². The molecule has 0 unspecified atom stereocenters. The van der Waals surface area contributed by atoms with Crippen LogP contribution in [0.5, 0.6) is 0 Å². The van der Waals surface area contributed by atoms with Crippen LogP contribution in [0.2, 0.25) is 0 Å². The maximum atomic E-state index is 13.7. The van der Waals surface area contributed by atoms with Crippen molar-refractivity contribution in [1.29, 1.82) is 0 Å². The van der Waals surface area contributed by atoms with Gasteiger partial charge in [-0.15, -0.1) is 10.2 Å². The number of ether oxygens (including phenoxy) is 1. The van der Waals surface area contributed by atoms with E-state index in [1.807, 2.05) is 22.7 Å². The van der Waals surface area contributed by atoms with Gasteiger partial charge in [-0.3, -0.25) is 4.40 Å². The van der Waals surface area contributed by atoms with Crippen LogP contribution in [0.15, 0.2) is 66.9 Å². The summed E-state index contributed by atoms with van der Waals surface area (Å²) < 4.78 is 21.2. The summed E-state index contributed by atoms with van der Waals surface area (Å²) in [5, 5.41) is 8.36. The zero-order valence-corrected chi connectivity index (χ0v) is 14.4. The molecule has 0 saturated heterocycles. The van der Waals surface area contributed by atoms with Gasteiger partial charge < -0.3 is 4.74 Å². The van der Waals surface area contributed by atoms with Crippen LogP contribution in [-0.4, -0.2) is 14.6 Å². The van der Waals surface area contributed by atoms with Crippen LogP contribution in [0.3, 0.4) is 0 Å². The second kappa shape index (κ2) is 7.06. The molecule has 0 atom stereocenters. The van der Waals surface area contributed by atoms with Gasteiger partial charge in [0.1, 0.15) is 12.4 Å². The van der Waals surface area contributed by atoms with Gasteiger partial charge in [-0.25, -0.2) is 4.39 Å². The van der Waals surface area contributed by atoms with E-state index in [-0.39, 0.29) is 19.0 Å². The number of hydrogen-bond donors (Lipinski definition) is 0. The standard InChI is InChI=1S/C21H18FN3O/c1-15-6-8-16(9-7-15)17-10-11-20-23-24-21(25(20)12-17)14-26-13-18-4-2-3-5-19(18)22/h2-12H,13-14H2,1H3. The number of hydrogen-bond acceptors (Lipinski definition) is 3. The number of pyridine rings is 1. The van der Waals surface area contributed by atoms with Gasteiger partial charge in [-0.1, -0.05) is 48.0 Å². The molecule has 0 fully saturated rings. The Morgan fingerprint density at radius 2 is 1.65 bits per heavy atom. The van der Waals surface area contributed by atoms with Gasteiger partial charge in [0, 0.05) is 11.8 Å². The molecular weight excluding hydrogens is 329 g/mol. The van der Waals surface area contributed by atoms with E-state index in [2.05, 4.69) is 41.4 Å². The van der Waals surface area contributed by atoms with Crippen molar-refractivity contribution in [3.8, 4) is 11.1 Å². The lowest BCUT2D eigenvalue weighted by Crippen LogP contribution is -2.01. The van der Waals surface area contributed by atoms with Crippen molar-refractivity contribution < 1.29 is 9.13 Å². The van der Waals surface area contributed by atoms with Crippen LogP contribution in [0.25, 0.3) is 16.8 Å². The number of nitrogens with zero attached hydrogens (tertiary/aromatic N) is 3. The normalized spacial score (nSPS) is 11.2. The van der Waals surface area contributed by atoms with E-state index in [1.165, 1.54) is 11.6 Å². The van der Waals surface area contributed by atoms with Crippen molar-refractivity contribution in [2.75, 3.05) is 0 Å². The molecular formula is C21H18FN3O. The quantitative estimate of drug-likeness (QED) is 0.531. The number of rotatable bonds is 5. The number of benzene rings is 2. The number of halogens is 1. The third-order valence-corrected chi connectivity index (χ3v) is 4.30. The molecule has 5 heteroatoms. The molecule has 4 nitrogen and oxygen atoms in total. The van der Waals surface area contributed by atoms with Gasteiger partial charge >= 0.3 is 0 Å². The minimum atomic E-state index is -0.264. The third kappa shape index (κ3) is 3.34. The summed E-state index contributed by atoms with van der Waals surface area (Å²) in [6.45, 7) is 2.52. The van der Waals surface area contributed by atoms with Crippen molar-refractivity contribution >= 4 is 5.65 Å². The average molecular weight is 347 g/mol. The van der Waals surface area contributed by atoms with E-state index in [1.54, 1.807) is 18.2 Å². The highest BCUT2D eigenvalue weighted by Crippen LogP contribution is 2.21. The fraction of sp³-hybridized carbons (Fsp3) is 0.143. The van der Waals surface area contributed by atoms with E-state index in [0.717, 1.165) is 16.8 Å². The molecule has 0 spiro atoms. The van der Waals surface area contributed by atoms with Gasteiger partial charge in [0.15, 0.2) is 11.5 Å². The molecule has 0 saturated carbocycles. The molecule has 0 N–H and O–H groups in total. The molecule has 0 amide bonds. The Balaban J connectivity index is 1.55. The fourth-order valence-electron chi connectivity index (χ4n) is 2.82. The summed E-state index contributed by atoms with van der Waals surface area (Å²) in [6.07, 6.45) is 2.00. The van der Waals surface area contributed by atoms with Gasteiger partial charge in [0.25, 0.3) is 0 Å². The summed E-state index contributed by atoms with van der Waals surface area (Å²) in [5.41, 5.74) is 4.71. The molecule has 2 heterocycles. The van der Waals surface area contributed by atoms with E-state index >= 15 is 0 Å². The largest absolute Gasteiger partial charge is 0.369 e. The lowest BCUT2D eigenvalue weighted by Gasteiger charge is -2.06. The average Bonchev–Trinajstić information content (AvgIpc) is 3.06. The monoisotopic (exact) mass is 347 g/mol. The maximum absolute atomic E-state index is 13.7. The maximum Gasteiger partial charge on any atom is 0.163 e. The van der Waals surface area contributed by atoms with E-state index in [9.17, 15) is 4.39 Å². The van der Waals surface area contributed by atoms with E-state index in [0.29, 0.717) is 11.4 Å². The zero-order valence-electron chi connectivity index (χ0n) is 14.4. The first-order valence-corrected chi connectivity index (χ1v) is 8.42. The predicted octanol–water partition coefficient (Wildman–Crippen LogP) is 4.56. The Kier molecular flexibility index (Phi) is 4.46. The molecule has 4 rings (SSSR count). The Morgan fingerprint density at radius 3 is 2.46 bits per heavy atom. The first-order valence-electron chi connectivity index (χ1n) is 8.42. The summed E-state index contributed by atoms with van der Waals surface area (Å²) in [5.74, 6) is 0.422. The highest BCUT2D eigenvalue weighted by Gasteiger charge is 2.08. The number of fused-ring (bicyclic) bond motifs is 1. The van der Waals surface area contributed by atoms with Gasteiger partial charge in [-0.05, 0) is 36.2 Å². The van der Waals surface area contributed by atoms with Gasteiger partial charge in [0.2, 0.25) is 0 Å². The molecule has 0 radical (unpaired) electrons. The molecule has 130 valence electrons. The molecule has 2 aromatic heterocycles. The Bertz CT molecular complexity index is 1040. The summed E-state index contributed by atoms with van der Waals surface area (Å²) in [7, 11) is 0. The van der Waals surface area contributed by atoms with Gasteiger partial charge in [0.05, 0.1) is 6.61 Å². The van der Waals surface area contributed by atoms with E-state index < -0.39 is 0 Å². The Labute approximate surface area is 150 Å². The van der Waals surface area contributed by atoms with Crippen LogP contribution >= 0.6 is 0 Å². The van der Waals surface area contributed by atoms with Crippen molar-refractivity contribution in [1.82, 2.24) is 14.6 Å². The van der Waals surface area contributed by atoms with Crippen molar-refractivity contribution in [2.45, 2.75) is 20.1 Å². The van der Waals surface area contributed by atoms with Crippen molar-refractivity contribution in [3.63, 3.8) is 0 Å².